The molecular formula is C9H7FOS2. The number of hydrogen-bond acceptors (Lipinski definition) is 3. The van der Waals surface area contributed by atoms with E-state index in [0.717, 1.165) is 10.1 Å². The second-order valence-corrected chi connectivity index (χ2v) is 4.07. The zero-order valence-electron chi connectivity index (χ0n) is 6.62. The van der Waals surface area contributed by atoms with E-state index < -0.39 is 0 Å². The molecule has 0 aliphatic rings. The molecule has 2 rings (SSSR count). The number of halogens is 1. The third-order valence-corrected chi connectivity index (χ3v) is 3.30. The molecule has 0 spiro atoms. The number of aliphatic hydroxyl groups excluding tert-OH is 1. The standard InChI is InChI=1S/C9H7FOS2/c10-7-3-8-5(1-2-13-8)6(4-11)9(7)12/h1-3,11-12H,4H2. The highest BCUT2D eigenvalue weighted by atomic mass is 32.1. The van der Waals surface area contributed by atoms with E-state index in [1.54, 1.807) is 0 Å². The maximum absolute atomic E-state index is 13.2. The summed E-state index contributed by atoms with van der Waals surface area (Å²) < 4.78 is 14.0. The SMILES string of the molecule is OCc1c(S)c(F)cc2sccc12. The number of aliphatic hydroxyl groups is 1. The van der Waals surface area contributed by atoms with Crippen LogP contribution in [0.1, 0.15) is 5.56 Å². The molecule has 0 aliphatic heterocycles. The third kappa shape index (κ3) is 1.35. The molecule has 0 unspecified atom stereocenters. The van der Waals surface area contributed by atoms with E-state index in [1.807, 2.05) is 11.4 Å². The molecule has 1 N–H and O–H groups in total. The van der Waals surface area contributed by atoms with Crippen molar-refractivity contribution >= 4 is 34.1 Å². The summed E-state index contributed by atoms with van der Waals surface area (Å²) in [5.74, 6) is -0.373. The lowest BCUT2D eigenvalue weighted by molar-refractivity contribution is 0.279. The Hall–Kier alpha value is -0.580. The minimum Gasteiger partial charge on any atom is -0.392 e. The van der Waals surface area contributed by atoms with E-state index in [2.05, 4.69) is 12.6 Å². The van der Waals surface area contributed by atoms with Crippen molar-refractivity contribution in [2.24, 2.45) is 0 Å². The molecule has 1 nitrogen and oxygen atoms in total. The summed E-state index contributed by atoms with van der Waals surface area (Å²) in [5, 5.41) is 11.8. The normalized spacial score (nSPS) is 11.0. The van der Waals surface area contributed by atoms with Gasteiger partial charge in [-0.3, -0.25) is 0 Å². The van der Waals surface area contributed by atoms with Gasteiger partial charge in [0.1, 0.15) is 5.82 Å². The summed E-state index contributed by atoms with van der Waals surface area (Å²) in [6.07, 6.45) is 0. The molecule has 0 fully saturated rings. The molecular weight excluding hydrogens is 207 g/mol. The first-order chi connectivity index (χ1) is 6.24. The molecule has 0 radical (unpaired) electrons. The Morgan fingerprint density at radius 3 is 3.00 bits per heavy atom. The fourth-order valence-corrected chi connectivity index (χ4v) is 2.39. The van der Waals surface area contributed by atoms with Gasteiger partial charge in [-0.25, -0.2) is 4.39 Å². The molecule has 0 aliphatic carbocycles. The number of thiophene rings is 1. The third-order valence-electron chi connectivity index (χ3n) is 1.95. The van der Waals surface area contributed by atoms with Crippen LogP contribution in [0.2, 0.25) is 0 Å². The summed E-state index contributed by atoms with van der Waals surface area (Å²) in [7, 11) is 0. The van der Waals surface area contributed by atoms with E-state index in [0.29, 0.717) is 5.56 Å². The second kappa shape index (κ2) is 3.29. The summed E-state index contributed by atoms with van der Waals surface area (Å²) in [6, 6.07) is 3.31. The molecule has 1 heterocycles. The highest BCUT2D eigenvalue weighted by Crippen LogP contribution is 2.31. The van der Waals surface area contributed by atoms with E-state index >= 15 is 0 Å². The van der Waals surface area contributed by atoms with Gasteiger partial charge in [0.05, 0.1) is 6.61 Å². The predicted molar refractivity (Wildman–Crippen MR) is 55.0 cm³/mol. The maximum Gasteiger partial charge on any atom is 0.138 e. The monoisotopic (exact) mass is 214 g/mol. The van der Waals surface area contributed by atoms with Crippen molar-refractivity contribution < 1.29 is 9.50 Å². The molecule has 0 atom stereocenters. The van der Waals surface area contributed by atoms with Crippen LogP contribution in [0.4, 0.5) is 4.39 Å². The molecule has 0 saturated heterocycles. The molecule has 1 aromatic heterocycles. The number of fused-ring (bicyclic) bond motifs is 1. The van der Waals surface area contributed by atoms with Crippen LogP contribution >= 0.6 is 24.0 Å². The number of thiol groups is 1. The van der Waals surface area contributed by atoms with Gasteiger partial charge in [-0.1, -0.05) is 0 Å². The van der Waals surface area contributed by atoms with Gasteiger partial charge >= 0.3 is 0 Å². The Kier molecular flexibility index (Phi) is 2.27. The molecule has 0 bridgehead atoms. The van der Waals surface area contributed by atoms with Gasteiger partial charge in [0.2, 0.25) is 0 Å². The van der Waals surface area contributed by atoms with Gasteiger partial charge in [-0.05, 0) is 22.9 Å². The van der Waals surface area contributed by atoms with Crippen molar-refractivity contribution in [1.29, 1.82) is 0 Å². The van der Waals surface area contributed by atoms with Crippen LogP contribution < -0.4 is 0 Å². The summed E-state index contributed by atoms with van der Waals surface area (Å²) >= 11 is 5.47. The Bertz CT molecular complexity index is 450. The topological polar surface area (TPSA) is 20.2 Å². The summed E-state index contributed by atoms with van der Waals surface area (Å²) in [4.78, 5) is 0.244. The minimum absolute atomic E-state index is 0.177. The number of rotatable bonds is 1. The Morgan fingerprint density at radius 1 is 1.54 bits per heavy atom. The minimum atomic E-state index is -0.373. The Balaban J connectivity index is 2.87. The number of benzene rings is 1. The summed E-state index contributed by atoms with van der Waals surface area (Å²) in [5.41, 5.74) is 0.569. The van der Waals surface area contributed by atoms with Crippen LogP contribution in [0.5, 0.6) is 0 Å². The van der Waals surface area contributed by atoms with Gasteiger partial charge in [-0.2, -0.15) is 0 Å². The van der Waals surface area contributed by atoms with E-state index in [1.165, 1.54) is 17.4 Å². The highest BCUT2D eigenvalue weighted by molar-refractivity contribution is 7.80. The Labute approximate surface area is 84.2 Å². The van der Waals surface area contributed by atoms with Crippen molar-refractivity contribution in [3.05, 3.63) is 28.9 Å². The van der Waals surface area contributed by atoms with Crippen molar-refractivity contribution in [1.82, 2.24) is 0 Å². The van der Waals surface area contributed by atoms with Crippen molar-refractivity contribution in [3.63, 3.8) is 0 Å². The smallest absolute Gasteiger partial charge is 0.138 e. The van der Waals surface area contributed by atoms with E-state index in [9.17, 15) is 4.39 Å². The largest absolute Gasteiger partial charge is 0.392 e. The van der Waals surface area contributed by atoms with Crippen LogP contribution in [0.15, 0.2) is 22.4 Å². The lowest BCUT2D eigenvalue weighted by Crippen LogP contribution is -1.90. The van der Waals surface area contributed by atoms with Crippen LogP contribution in [0, 0.1) is 5.82 Å². The first-order valence-electron chi connectivity index (χ1n) is 3.72. The first-order valence-corrected chi connectivity index (χ1v) is 5.05. The lowest BCUT2D eigenvalue weighted by Gasteiger charge is -2.04. The molecule has 0 saturated carbocycles. The van der Waals surface area contributed by atoms with E-state index in [-0.39, 0.29) is 17.3 Å². The van der Waals surface area contributed by atoms with Crippen LogP contribution in [-0.4, -0.2) is 5.11 Å². The van der Waals surface area contributed by atoms with Crippen molar-refractivity contribution in [3.8, 4) is 0 Å². The number of hydrogen-bond donors (Lipinski definition) is 2. The van der Waals surface area contributed by atoms with E-state index in [4.69, 9.17) is 5.11 Å². The fraction of sp³-hybridized carbons (Fsp3) is 0.111. The van der Waals surface area contributed by atoms with Crippen LogP contribution in [-0.2, 0) is 6.61 Å². The molecule has 4 heteroatoms. The van der Waals surface area contributed by atoms with Crippen molar-refractivity contribution in [2.75, 3.05) is 0 Å². The predicted octanol–water partition coefficient (Wildman–Crippen LogP) is 2.82. The van der Waals surface area contributed by atoms with Gasteiger partial charge in [0.15, 0.2) is 0 Å². The molecule has 68 valence electrons. The average Bonchev–Trinajstić information content (AvgIpc) is 2.54. The molecule has 13 heavy (non-hydrogen) atoms. The Morgan fingerprint density at radius 2 is 2.31 bits per heavy atom. The molecule has 2 aromatic rings. The lowest BCUT2D eigenvalue weighted by atomic mass is 10.1. The van der Waals surface area contributed by atoms with Gasteiger partial charge in [0.25, 0.3) is 0 Å². The van der Waals surface area contributed by atoms with Gasteiger partial charge in [0, 0.05) is 15.2 Å². The zero-order valence-corrected chi connectivity index (χ0v) is 8.33. The molecule has 0 amide bonds. The van der Waals surface area contributed by atoms with Gasteiger partial charge < -0.3 is 5.11 Å². The first kappa shape index (κ1) is 8.99. The maximum atomic E-state index is 13.2. The van der Waals surface area contributed by atoms with Crippen LogP contribution in [0.25, 0.3) is 10.1 Å². The summed E-state index contributed by atoms with van der Waals surface area (Å²) in [6.45, 7) is -0.177. The van der Waals surface area contributed by atoms with Gasteiger partial charge in [-0.15, -0.1) is 24.0 Å². The molecule has 1 aromatic carbocycles. The highest BCUT2D eigenvalue weighted by Gasteiger charge is 2.10. The quantitative estimate of drug-likeness (QED) is 0.699. The second-order valence-electron chi connectivity index (χ2n) is 2.68. The van der Waals surface area contributed by atoms with Crippen LogP contribution in [0.3, 0.4) is 0 Å². The average molecular weight is 214 g/mol. The zero-order chi connectivity index (χ0) is 9.42. The fourth-order valence-electron chi connectivity index (χ4n) is 1.30. The van der Waals surface area contributed by atoms with Crippen molar-refractivity contribution in [2.45, 2.75) is 11.5 Å².